The first kappa shape index (κ1) is 18.5. The second kappa shape index (κ2) is 7.51. The Labute approximate surface area is 156 Å². The molecule has 5 nitrogen and oxygen atoms in total. The molecule has 3 rings (SSSR count). The van der Waals surface area contributed by atoms with Crippen molar-refractivity contribution in [1.82, 2.24) is 0 Å². The first-order chi connectivity index (χ1) is 12.5. The first-order valence-corrected chi connectivity index (χ1v) is 9.75. The molecule has 1 aliphatic rings. The van der Waals surface area contributed by atoms with E-state index in [-0.39, 0.29) is 18.9 Å². The van der Waals surface area contributed by atoms with E-state index < -0.39 is 17.5 Å². The number of carboxylic acid groups (broad SMARTS) is 1. The van der Waals surface area contributed by atoms with Crippen molar-refractivity contribution in [3.8, 4) is 11.1 Å². The molecule has 0 aliphatic heterocycles. The van der Waals surface area contributed by atoms with Gasteiger partial charge in [-0.25, -0.2) is 9.59 Å². The Balaban J connectivity index is 1.81. The zero-order valence-electron chi connectivity index (χ0n) is 14.5. The number of ether oxygens (including phenoxy) is 1. The lowest BCUT2D eigenvalue weighted by atomic mass is 9.96. The van der Waals surface area contributed by atoms with Crippen LogP contribution in [0.5, 0.6) is 0 Å². The number of hydrogen-bond donors (Lipinski definition) is 2. The van der Waals surface area contributed by atoms with Crippen LogP contribution in [-0.2, 0) is 14.3 Å². The predicted octanol–water partition coefficient (Wildman–Crippen LogP) is 2.88. The van der Waals surface area contributed by atoms with E-state index in [0.29, 0.717) is 5.75 Å². The standard InChI is InChI=1S/C20H21NO4S/c1-26-11-10-20(21,18(22)23)19(24)25-12-17-15-8-4-2-6-13(15)14-7-3-5-9-16(14)17/h2-9,17H,10-12,21H2,1H3,(H,22,23). The highest BCUT2D eigenvalue weighted by molar-refractivity contribution is 7.98. The van der Waals surface area contributed by atoms with Gasteiger partial charge in [-0.2, -0.15) is 11.8 Å². The maximum atomic E-state index is 12.5. The molecule has 0 heterocycles. The van der Waals surface area contributed by atoms with Crippen molar-refractivity contribution in [2.45, 2.75) is 17.9 Å². The summed E-state index contributed by atoms with van der Waals surface area (Å²) in [5.74, 6) is -1.90. The third-order valence-electron chi connectivity index (χ3n) is 4.79. The number of carbonyl (C=O) groups excluding carboxylic acids is 1. The third-order valence-corrected chi connectivity index (χ3v) is 5.40. The number of aliphatic carboxylic acids is 1. The van der Waals surface area contributed by atoms with Gasteiger partial charge in [0.25, 0.3) is 0 Å². The fraction of sp³-hybridized carbons (Fsp3) is 0.300. The fourth-order valence-corrected chi connectivity index (χ4v) is 3.81. The Kier molecular flexibility index (Phi) is 5.34. The molecule has 0 aromatic heterocycles. The van der Waals surface area contributed by atoms with Crippen LogP contribution in [0, 0.1) is 0 Å². The monoisotopic (exact) mass is 371 g/mol. The summed E-state index contributed by atoms with van der Waals surface area (Å²) in [6, 6.07) is 15.9. The number of fused-ring (bicyclic) bond motifs is 3. The molecule has 2 aromatic carbocycles. The van der Waals surface area contributed by atoms with Crippen molar-refractivity contribution in [1.29, 1.82) is 0 Å². The van der Waals surface area contributed by atoms with Crippen LogP contribution in [0.15, 0.2) is 48.5 Å². The summed E-state index contributed by atoms with van der Waals surface area (Å²) in [4.78, 5) is 24.0. The van der Waals surface area contributed by atoms with Crippen molar-refractivity contribution < 1.29 is 19.4 Å². The second-order valence-electron chi connectivity index (χ2n) is 6.34. The van der Waals surface area contributed by atoms with Gasteiger partial charge in [-0.05, 0) is 40.7 Å². The van der Waals surface area contributed by atoms with E-state index in [0.717, 1.165) is 22.3 Å². The lowest BCUT2D eigenvalue weighted by Crippen LogP contribution is -2.56. The molecular formula is C20H21NO4S. The van der Waals surface area contributed by atoms with E-state index in [1.165, 1.54) is 11.8 Å². The smallest absolute Gasteiger partial charge is 0.337 e. The molecule has 0 radical (unpaired) electrons. The fourth-order valence-electron chi connectivity index (χ4n) is 3.29. The number of benzene rings is 2. The summed E-state index contributed by atoms with van der Waals surface area (Å²) in [6.07, 6.45) is 1.86. The van der Waals surface area contributed by atoms with Crippen LogP contribution < -0.4 is 5.73 Å². The molecule has 136 valence electrons. The second-order valence-corrected chi connectivity index (χ2v) is 7.33. The Hall–Kier alpha value is -2.31. The third kappa shape index (κ3) is 3.22. The van der Waals surface area contributed by atoms with Crippen LogP contribution in [0.2, 0.25) is 0 Å². The van der Waals surface area contributed by atoms with E-state index in [1.807, 2.05) is 54.8 Å². The number of carboxylic acids is 1. The Morgan fingerprint density at radius 3 is 2.15 bits per heavy atom. The van der Waals surface area contributed by atoms with E-state index in [4.69, 9.17) is 10.5 Å². The average molecular weight is 371 g/mol. The van der Waals surface area contributed by atoms with E-state index >= 15 is 0 Å². The van der Waals surface area contributed by atoms with Gasteiger partial charge in [-0.3, -0.25) is 0 Å². The minimum Gasteiger partial charge on any atom is -0.479 e. The van der Waals surface area contributed by atoms with Crippen molar-refractivity contribution in [2.24, 2.45) is 5.73 Å². The van der Waals surface area contributed by atoms with Crippen molar-refractivity contribution in [2.75, 3.05) is 18.6 Å². The zero-order chi connectivity index (χ0) is 18.7. The Morgan fingerprint density at radius 1 is 1.12 bits per heavy atom. The molecule has 0 saturated heterocycles. The summed E-state index contributed by atoms with van der Waals surface area (Å²) in [6.45, 7) is 0.0678. The summed E-state index contributed by atoms with van der Waals surface area (Å²) in [5.41, 5.74) is 8.22. The van der Waals surface area contributed by atoms with Gasteiger partial charge in [0.05, 0.1) is 0 Å². The molecule has 0 bridgehead atoms. The summed E-state index contributed by atoms with van der Waals surface area (Å²) in [5, 5.41) is 9.40. The lowest BCUT2D eigenvalue weighted by molar-refractivity contribution is -0.161. The summed E-state index contributed by atoms with van der Waals surface area (Å²) >= 11 is 1.44. The van der Waals surface area contributed by atoms with Gasteiger partial charge >= 0.3 is 11.9 Å². The van der Waals surface area contributed by atoms with Crippen LogP contribution >= 0.6 is 11.8 Å². The van der Waals surface area contributed by atoms with Crippen LogP contribution in [0.3, 0.4) is 0 Å². The van der Waals surface area contributed by atoms with Crippen LogP contribution in [0.1, 0.15) is 23.5 Å². The molecular weight excluding hydrogens is 350 g/mol. The minimum atomic E-state index is -2.01. The van der Waals surface area contributed by atoms with Crippen LogP contribution in [-0.4, -0.2) is 41.2 Å². The van der Waals surface area contributed by atoms with Crippen LogP contribution in [0.4, 0.5) is 0 Å². The van der Waals surface area contributed by atoms with E-state index in [1.54, 1.807) is 0 Å². The van der Waals surface area contributed by atoms with Gasteiger partial charge in [-0.1, -0.05) is 48.5 Å². The first-order valence-electron chi connectivity index (χ1n) is 8.35. The molecule has 1 aliphatic carbocycles. The van der Waals surface area contributed by atoms with Crippen molar-refractivity contribution in [3.63, 3.8) is 0 Å². The Bertz CT molecular complexity index is 793. The molecule has 6 heteroatoms. The predicted molar refractivity (Wildman–Crippen MR) is 102 cm³/mol. The number of hydrogen-bond acceptors (Lipinski definition) is 5. The molecule has 2 aromatic rings. The van der Waals surface area contributed by atoms with Gasteiger partial charge in [0.15, 0.2) is 0 Å². The van der Waals surface area contributed by atoms with Gasteiger partial charge < -0.3 is 15.6 Å². The van der Waals surface area contributed by atoms with E-state index in [2.05, 4.69) is 0 Å². The number of nitrogens with two attached hydrogens (primary N) is 1. The molecule has 1 unspecified atom stereocenters. The topological polar surface area (TPSA) is 89.6 Å². The molecule has 0 amide bonds. The van der Waals surface area contributed by atoms with Crippen molar-refractivity contribution >= 4 is 23.7 Å². The number of esters is 1. The van der Waals surface area contributed by atoms with Gasteiger partial charge in [0.1, 0.15) is 6.61 Å². The normalized spacial score (nSPS) is 15.0. The molecule has 0 saturated carbocycles. The number of thioether (sulfide) groups is 1. The summed E-state index contributed by atoms with van der Waals surface area (Å²) in [7, 11) is 0. The molecule has 1 atom stereocenters. The van der Waals surface area contributed by atoms with Gasteiger partial charge in [0, 0.05) is 5.92 Å². The highest BCUT2D eigenvalue weighted by Gasteiger charge is 2.44. The lowest BCUT2D eigenvalue weighted by Gasteiger charge is -2.23. The highest BCUT2D eigenvalue weighted by Crippen LogP contribution is 2.44. The SMILES string of the molecule is CSCCC(N)(C(=O)O)C(=O)OCC1c2ccccc2-c2ccccc21. The van der Waals surface area contributed by atoms with Gasteiger partial charge in [-0.15, -0.1) is 0 Å². The Morgan fingerprint density at radius 2 is 1.65 bits per heavy atom. The minimum absolute atomic E-state index is 0.0280. The maximum absolute atomic E-state index is 12.5. The largest absolute Gasteiger partial charge is 0.479 e. The van der Waals surface area contributed by atoms with Crippen molar-refractivity contribution in [3.05, 3.63) is 59.7 Å². The quantitative estimate of drug-likeness (QED) is 0.575. The molecule has 26 heavy (non-hydrogen) atoms. The summed E-state index contributed by atoms with van der Waals surface area (Å²) < 4.78 is 5.41. The molecule has 0 spiro atoms. The molecule has 3 N–H and O–H groups in total. The average Bonchev–Trinajstić information content (AvgIpc) is 2.98. The van der Waals surface area contributed by atoms with Gasteiger partial charge in [0.2, 0.25) is 5.54 Å². The maximum Gasteiger partial charge on any atom is 0.337 e. The van der Waals surface area contributed by atoms with E-state index in [9.17, 15) is 14.7 Å². The van der Waals surface area contributed by atoms with Crippen LogP contribution in [0.25, 0.3) is 11.1 Å². The molecule has 0 fully saturated rings. The number of rotatable bonds is 7. The number of carbonyl (C=O) groups is 2. The highest BCUT2D eigenvalue weighted by atomic mass is 32.2. The zero-order valence-corrected chi connectivity index (χ0v) is 15.3.